The quantitative estimate of drug-likeness (QED) is 0.756. The van der Waals surface area contributed by atoms with Gasteiger partial charge in [0.1, 0.15) is 0 Å². The molecule has 0 atom stereocenters. The van der Waals surface area contributed by atoms with Gasteiger partial charge in [-0.15, -0.1) is 0 Å². The van der Waals surface area contributed by atoms with Crippen LogP contribution in [0.4, 0.5) is 0 Å². The Hall–Kier alpha value is -0.520. The number of hydrogen-bond acceptors (Lipinski definition) is 4. The Morgan fingerprint density at radius 2 is 1.08 bits per heavy atom. The lowest BCUT2D eigenvalue weighted by atomic mass is 9.73. The van der Waals surface area contributed by atoms with Gasteiger partial charge in [0.15, 0.2) is 0 Å². The van der Waals surface area contributed by atoms with E-state index in [1.807, 2.05) is 73.6 Å². The molecule has 0 aromatic heterocycles. The van der Waals surface area contributed by atoms with Gasteiger partial charge in [0.25, 0.3) is 0 Å². The summed E-state index contributed by atoms with van der Waals surface area (Å²) < 4.78 is 24.4. The summed E-state index contributed by atoms with van der Waals surface area (Å²) in [4.78, 5) is 0. The van der Waals surface area contributed by atoms with Crippen molar-refractivity contribution in [2.24, 2.45) is 0 Å². The smallest absolute Gasteiger partial charge is 0.399 e. The summed E-state index contributed by atoms with van der Waals surface area (Å²) in [5.74, 6) is 0. The van der Waals surface area contributed by atoms with E-state index in [9.17, 15) is 0 Å². The van der Waals surface area contributed by atoms with Crippen molar-refractivity contribution in [2.45, 2.75) is 77.8 Å². The predicted molar refractivity (Wildman–Crippen MR) is 103 cm³/mol. The first-order valence-corrected chi connectivity index (χ1v) is 9.14. The molecule has 0 N–H and O–H groups in total. The van der Waals surface area contributed by atoms with E-state index in [2.05, 4.69) is 0 Å². The van der Waals surface area contributed by atoms with Gasteiger partial charge >= 0.3 is 14.2 Å². The van der Waals surface area contributed by atoms with Crippen LogP contribution in [0.5, 0.6) is 0 Å². The first kappa shape index (κ1) is 19.2. The fourth-order valence-electron chi connectivity index (χ4n) is 2.83. The van der Waals surface area contributed by atoms with E-state index >= 15 is 0 Å². The van der Waals surface area contributed by atoms with Crippen molar-refractivity contribution in [1.82, 2.24) is 0 Å². The number of benzene rings is 1. The zero-order valence-corrected chi connectivity index (χ0v) is 17.2. The minimum Gasteiger partial charge on any atom is -0.399 e. The van der Waals surface area contributed by atoms with Crippen LogP contribution < -0.4 is 10.9 Å². The minimum absolute atomic E-state index is 0.380. The molecule has 2 saturated heterocycles. The summed E-state index contributed by atoms with van der Waals surface area (Å²) in [6.07, 6.45) is 0. The molecular formula is C18H27B2ClO4. The zero-order valence-electron chi connectivity index (χ0n) is 16.4. The summed E-state index contributed by atoms with van der Waals surface area (Å²) in [7, 11) is -0.917. The molecule has 0 radical (unpaired) electrons. The number of halogens is 1. The highest BCUT2D eigenvalue weighted by Gasteiger charge is 2.53. The maximum absolute atomic E-state index is 6.55. The molecular weight excluding hydrogens is 337 g/mol. The lowest BCUT2D eigenvalue weighted by molar-refractivity contribution is 0.00578. The summed E-state index contributed by atoms with van der Waals surface area (Å²) in [6.45, 7) is 16.2. The molecule has 7 heteroatoms. The molecule has 2 heterocycles. The normalized spacial score (nSPS) is 26.3. The molecule has 0 aliphatic carbocycles. The fourth-order valence-corrected chi connectivity index (χ4v) is 3.11. The van der Waals surface area contributed by atoms with Gasteiger partial charge in [0.2, 0.25) is 0 Å². The molecule has 0 bridgehead atoms. The third-order valence-electron chi connectivity index (χ3n) is 6.06. The second-order valence-corrected chi connectivity index (χ2v) is 9.36. The van der Waals surface area contributed by atoms with Crippen LogP contribution in [0.1, 0.15) is 55.4 Å². The molecule has 136 valence electrons. The highest BCUT2D eigenvalue weighted by molar-refractivity contribution is 6.67. The van der Waals surface area contributed by atoms with Crippen molar-refractivity contribution in [1.29, 1.82) is 0 Å². The Morgan fingerprint density at radius 3 is 1.48 bits per heavy atom. The SMILES string of the molecule is CC1(C)OB(c2ccc(B3OC(C)(C)C(C)(C)O3)c(Cl)c2)OC1(C)C. The third-order valence-corrected chi connectivity index (χ3v) is 6.38. The van der Waals surface area contributed by atoms with Crippen LogP contribution >= 0.6 is 11.6 Å². The third kappa shape index (κ3) is 3.17. The van der Waals surface area contributed by atoms with Gasteiger partial charge in [0.05, 0.1) is 22.4 Å². The second kappa shape index (κ2) is 5.74. The van der Waals surface area contributed by atoms with Gasteiger partial charge < -0.3 is 18.6 Å². The Morgan fingerprint density at radius 1 is 0.680 bits per heavy atom. The molecule has 1 aromatic carbocycles. The van der Waals surface area contributed by atoms with E-state index in [0.29, 0.717) is 5.02 Å². The van der Waals surface area contributed by atoms with Crippen molar-refractivity contribution in [3.63, 3.8) is 0 Å². The standard InChI is InChI=1S/C18H27B2ClO4/c1-15(2)16(3,4)23-19(22-15)12-9-10-13(14(21)11-12)20-24-17(5,6)18(7,8)25-20/h9-11H,1-8H3. The predicted octanol–water partition coefficient (Wildman–Crippen LogP) is 2.94. The van der Waals surface area contributed by atoms with Gasteiger partial charge in [-0.2, -0.15) is 0 Å². The molecule has 2 aliphatic heterocycles. The Kier molecular flexibility index (Phi) is 4.42. The summed E-state index contributed by atoms with van der Waals surface area (Å²) in [6, 6.07) is 5.78. The molecule has 2 aliphatic rings. The van der Waals surface area contributed by atoms with Crippen LogP contribution in [0, 0.1) is 0 Å². The Balaban J connectivity index is 1.84. The van der Waals surface area contributed by atoms with E-state index in [4.69, 9.17) is 30.2 Å². The molecule has 25 heavy (non-hydrogen) atoms. The van der Waals surface area contributed by atoms with Gasteiger partial charge in [0, 0.05) is 10.5 Å². The molecule has 0 amide bonds. The first-order valence-electron chi connectivity index (χ1n) is 8.76. The number of rotatable bonds is 2. The first-order chi connectivity index (χ1) is 11.3. The molecule has 0 unspecified atom stereocenters. The lowest BCUT2D eigenvalue weighted by Crippen LogP contribution is -2.41. The summed E-state index contributed by atoms with van der Waals surface area (Å²) in [5, 5.41) is 0.589. The van der Waals surface area contributed by atoms with Gasteiger partial charge in [-0.05, 0) is 66.9 Å². The van der Waals surface area contributed by atoms with Crippen LogP contribution in [0.3, 0.4) is 0 Å². The van der Waals surface area contributed by atoms with Crippen LogP contribution in [0.15, 0.2) is 18.2 Å². The Labute approximate surface area is 156 Å². The Bertz CT molecular complexity index is 656. The van der Waals surface area contributed by atoms with Gasteiger partial charge in [-0.25, -0.2) is 0 Å². The average Bonchev–Trinajstić information content (AvgIpc) is 2.78. The zero-order chi connectivity index (χ0) is 18.8. The highest BCUT2D eigenvalue weighted by atomic mass is 35.5. The molecule has 3 rings (SSSR count). The van der Waals surface area contributed by atoms with Crippen molar-refractivity contribution in [2.75, 3.05) is 0 Å². The summed E-state index contributed by atoms with van der Waals surface area (Å²) in [5.41, 5.74) is 0.157. The average molecular weight is 364 g/mol. The van der Waals surface area contributed by atoms with Crippen molar-refractivity contribution in [3.8, 4) is 0 Å². The van der Waals surface area contributed by atoms with E-state index < -0.39 is 25.4 Å². The minimum atomic E-state index is -0.482. The number of hydrogen-bond donors (Lipinski definition) is 0. The van der Waals surface area contributed by atoms with Crippen LogP contribution in [0.25, 0.3) is 0 Å². The van der Waals surface area contributed by atoms with Gasteiger partial charge in [-0.3, -0.25) is 0 Å². The molecule has 1 aromatic rings. The molecule has 2 fully saturated rings. The monoisotopic (exact) mass is 364 g/mol. The molecule has 0 spiro atoms. The van der Waals surface area contributed by atoms with Crippen LogP contribution in [0.2, 0.25) is 5.02 Å². The van der Waals surface area contributed by atoms with E-state index in [-0.39, 0.29) is 11.2 Å². The van der Waals surface area contributed by atoms with Crippen LogP contribution in [-0.2, 0) is 18.6 Å². The van der Waals surface area contributed by atoms with E-state index in [1.54, 1.807) is 0 Å². The maximum atomic E-state index is 6.55. The maximum Gasteiger partial charge on any atom is 0.496 e. The lowest BCUT2D eigenvalue weighted by Gasteiger charge is -2.32. The highest BCUT2D eigenvalue weighted by Crippen LogP contribution is 2.38. The molecule has 0 saturated carbocycles. The largest absolute Gasteiger partial charge is 0.496 e. The van der Waals surface area contributed by atoms with Crippen LogP contribution in [-0.4, -0.2) is 36.6 Å². The van der Waals surface area contributed by atoms with E-state index in [1.165, 1.54) is 0 Å². The van der Waals surface area contributed by atoms with Crippen molar-refractivity contribution >= 4 is 36.8 Å². The topological polar surface area (TPSA) is 36.9 Å². The second-order valence-electron chi connectivity index (χ2n) is 8.96. The molecule has 4 nitrogen and oxygen atoms in total. The van der Waals surface area contributed by atoms with E-state index in [0.717, 1.165) is 10.9 Å². The van der Waals surface area contributed by atoms with Gasteiger partial charge in [-0.1, -0.05) is 23.7 Å². The van der Waals surface area contributed by atoms with Crippen molar-refractivity contribution < 1.29 is 18.6 Å². The van der Waals surface area contributed by atoms with Crippen molar-refractivity contribution in [3.05, 3.63) is 23.2 Å². The fraction of sp³-hybridized carbons (Fsp3) is 0.667. The summed E-state index contributed by atoms with van der Waals surface area (Å²) >= 11 is 6.55.